The molecule has 0 radical (unpaired) electrons. The Bertz CT molecular complexity index is 618. The lowest BCUT2D eigenvalue weighted by Gasteiger charge is -2.22. The van der Waals surface area contributed by atoms with Crippen molar-refractivity contribution in [2.45, 2.75) is 31.2 Å². The molecule has 0 aliphatic heterocycles. The van der Waals surface area contributed by atoms with Gasteiger partial charge in [-0.25, -0.2) is 0 Å². The van der Waals surface area contributed by atoms with Crippen molar-refractivity contribution in [1.82, 2.24) is 4.98 Å². The highest BCUT2D eigenvalue weighted by Gasteiger charge is 2.36. The first-order valence-electron chi connectivity index (χ1n) is 6.63. The number of aromatic nitrogens is 1. The van der Waals surface area contributed by atoms with Crippen LogP contribution in [-0.2, 0) is 4.79 Å². The third-order valence-corrected chi connectivity index (χ3v) is 3.81. The van der Waals surface area contributed by atoms with Crippen molar-refractivity contribution in [1.29, 1.82) is 0 Å². The largest absolute Gasteiger partial charge is 0.324 e. The van der Waals surface area contributed by atoms with Crippen molar-refractivity contribution < 1.29 is 4.79 Å². The third kappa shape index (κ3) is 2.31. The van der Waals surface area contributed by atoms with Gasteiger partial charge in [0.25, 0.3) is 0 Å². The second-order valence-corrected chi connectivity index (χ2v) is 5.23. The molecule has 3 rings (SSSR count). The van der Waals surface area contributed by atoms with Crippen LogP contribution in [0.15, 0.2) is 36.5 Å². The molecule has 1 saturated carbocycles. The quantitative estimate of drug-likeness (QED) is 0.866. The molecule has 1 aromatic carbocycles. The molecule has 19 heavy (non-hydrogen) atoms. The first-order valence-corrected chi connectivity index (χ1v) is 6.63. The lowest BCUT2D eigenvalue weighted by atomic mass is 9.98. The van der Waals surface area contributed by atoms with Crippen molar-refractivity contribution in [2.24, 2.45) is 5.73 Å². The van der Waals surface area contributed by atoms with Crippen molar-refractivity contribution in [3.05, 3.63) is 36.5 Å². The summed E-state index contributed by atoms with van der Waals surface area (Å²) in [6, 6.07) is 9.56. The van der Waals surface area contributed by atoms with Gasteiger partial charge in [0, 0.05) is 17.3 Å². The number of amides is 1. The SMILES string of the molecule is NC1(C(=O)Nc2ccc3ncccc3c2)CCCC1. The van der Waals surface area contributed by atoms with Gasteiger partial charge in [-0.05, 0) is 37.1 Å². The van der Waals surface area contributed by atoms with E-state index < -0.39 is 5.54 Å². The average molecular weight is 255 g/mol. The standard InChI is InChI=1S/C15H17N3O/c16-15(7-1-2-8-15)14(19)18-12-5-6-13-11(10-12)4-3-9-17-13/h3-6,9-10H,1-2,7-8,16H2,(H,18,19). The smallest absolute Gasteiger partial charge is 0.244 e. The zero-order valence-corrected chi connectivity index (χ0v) is 10.7. The molecular formula is C15H17N3O. The van der Waals surface area contributed by atoms with Gasteiger partial charge in [-0.2, -0.15) is 0 Å². The molecule has 4 heteroatoms. The predicted molar refractivity (Wildman–Crippen MR) is 75.8 cm³/mol. The second-order valence-electron chi connectivity index (χ2n) is 5.23. The van der Waals surface area contributed by atoms with E-state index in [0.717, 1.165) is 42.3 Å². The van der Waals surface area contributed by atoms with Gasteiger partial charge < -0.3 is 11.1 Å². The Morgan fingerprint density at radius 2 is 2.05 bits per heavy atom. The normalized spacial score (nSPS) is 17.5. The number of carbonyl (C=O) groups excluding carboxylic acids is 1. The van der Waals surface area contributed by atoms with Gasteiger partial charge in [0.05, 0.1) is 11.1 Å². The summed E-state index contributed by atoms with van der Waals surface area (Å²) in [7, 11) is 0. The summed E-state index contributed by atoms with van der Waals surface area (Å²) in [6.45, 7) is 0. The molecule has 0 spiro atoms. The van der Waals surface area contributed by atoms with Crippen LogP contribution in [0.4, 0.5) is 5.69 Å². The van der Waals surface area contributed by atoms with Crippen LogP contribution in [0.3, 0.4) is 0 Å². The Kier molecular flexibility index (Phi) is 2.95. The van der Waals surface area contributed by atoms with E-state index in [1.807, 2.05) is 30.3 Å². The summed E-state index contributed by atoms with van der Waals surface area (Å²) in [4.78, 5) is 16.5. The number of pyridine rings is 1. The molecule has 0 unspecified atom stereocenters. The lowest BCUT2D eigenvalue weighted by Crippen LogP contribution is -2.48. The van der Waals surface area contributed by atoms with E-state index in [4.69, 9.17) is 5.73 Å². The number of carbonyl (C=O) groups is 1. The summed E-state index contributed by atoms with van der Waals surface area (Å²) in [6.07, 6.45) is 5.37. The Morgan fingerprint density at radius 3 is 2.84 bits per heavy atom. The third-order valence-electron chi connectivity index (χ3n) is 3.81. The maximum atomic E-state index is 12.2. The molecule has 1 heterocycles. The number of hydrogen-bond donors (Lipinski definition) is 2. The Balaban J connectivity index is 1.83. The molecule has 0 atom stereocenters. The Labute approximate surface area is 112 Å². The molecule has 2 aromatic rings. The van der Waals surface area contributed by atoms with Crippen LogP contribution in [0.25, 0.3) is 10.9 Å². The second kappa shape index (κ2) is 4.63. The van der Waals surface area contributed by atoms with Crippen LogP contribution in [0.1, 0.15) is 25.7 Å². The number of hydrogen-bond acceptors (Lipinski definition) is 3. The maximum absolute atomic E-state index is 12.2. The number of rotatable bonds is 2. The van der Waals surface area contributed by atoms with Crippen LogP contribution in [-0.4, -0.2) is 16.4 Å². The van der Waals surface area contributed by atoms with Crippen LogP contribution >= 0.6 is 0 Å². The van der Waals surface area contributed by atoms with Gasteiger partial charge in [0.15, 0.2) is 0 Å². The van der Waals surface area contributed by atoms with Gasteiger partial charge in [-0.1, -0.05) is 18.9 Å². The Hall–Kier alpha value is -1.94. The molecule has 4 nitrogen and oxygen atoms in total. The number of nitrogens with one attached hydrogen (secondary N) is 1. The molecular weight excluding hydrogens is 238 g/mol. The van der Waals surface area contributed by atoms with Crippen molar-refractivity contribution in [3.63, 3.8) is 0 Å². The van der Waals surface area contributed by atoms with E-state index in [2.05, 4.69) is 10.3 Å². The fraction of sp³-hybridized carbons (Fsp3) is 0.333. The van der Waals surface area contributed by atoms with E-state index >= 15 is 0 Å². The van der Waals surface area contributed by atoms with Crippen LogP contribution in [0.2, 0.25) is 0 Å². The number of fused-ring (bicyclic) bond motifs is 1. The predicted octanol–water partition coefficient (Wildman–Crippen LogP) is 2.44. The fourth-order valence-corrected chi connectivity index (χ4v) is 2.64. The zero-order valence-electron chi connectivity index (χ0n) is 10.7. The van der Waals surface area contributed by atoms with Gasteiger partial charge in [-0.3, -0.25) is 9.78 Å². The number of nitrogens with zero attached hydrogens (tertiary/aromatic N) is 1. The van der Waals surface area contributed by atoms with E-state index in [0.29, 0.717) is 0 Å². The molecule has 3 N–H and O–H groups in total. The molecule has 98 valence electrons. The average Bonchev–Trinajstić information content (AvgIpc) is 2.87. The summed E-state index contributed by atoms with van der Waals surface area (Å²) >= 11 is 0. The monoisotopic (exact) mass is 255 g/mol. The molecule has 0 bridgehead atoms. The molecule has 1 aromatic heterocycles. The van der Waals surface area contributed by atoms with E-state index in [-0.39, 0.29) is 5.91 Å². The minimum absolute atomic E-state index is 0.0757. The summed E-state index contributed by atoms with van der Waals surface area (Å²) < 4.78 is 0. The van der Waals surface area contributed by atoms with Gasteiger partial charge in [-0.15, -0.1) is 0 Å². The Morgan fingerprint density at radius 1 is 1.26 bits per heavy atom. The van der Waals surface area contributed by atoms with Crippen LogP contribution in [0.5, 0.6) is 0 Å². The van der Waals surface area contributed by atoms with Crippen LogP contribution < -0.4 is 11.1 Å². The topological polar surface area (TPSA) is 68.0 Å². The fourth-order valence-electron chi connectivity index (χ4n) is 2.64. The van der Waals surface area contributed by atoms with Crippen molar-refractivity contribution in [3.8, 4) is 0 Å². The molecule has 1 amide bonds. The summed E-state index contributed by atoms with van der Waals surface area (Å²) in [5.41, 5.74) is 7.15. The minimum atomic E-state index is -0.691. The minimum Gasteiger partial charge on any atom is -0.324 e. The first kappa shape index (κ1) is 12.1. The van der Waals surface area contributed by atoms with E-state index in [1.54, 1.807) is 6.20 Å². The van der Waals surface area contributed by atoms with Crippen LogP contribution in [0, 0.1) is 0 Å². The molecule has 1 aliphatic rings. The highest BCUT2D eigenvalue weighted by molar-refractivity contribution is 5.99. The summed E-state index contributed by atoms with van der Waals surface area (Å²) in [5, 5.41) is 3.94. The number of benzene rings is 1. The van der Waals surface area contributed by atoms with E-state index in [9.17, 15) is 4.79 Å². The number of nitrogens with two attached hydrogens (primary N) is 1. The van der Waals surface area contributed by atoms with Crippen molar-refractivity contribution in [2.75, 3.05) is 5.32 Å². The van der Waals surface area contributed by atoms with Gasteiger partial charge in [0.2, 0.25) is 5.91 Å². The lowest BCUT2D eigenvalue weighted by molar-refractivity contribution is -0.121. The maximum Gasteiger partial charge on any atom is 0.244 e. The zero-order chi connectivity index (χ0) is 13.3. The summed E-state index contributed by atoms with van der Waals surface area (Å²) in [5.74, 6) is -0.0757. The van der Waals surface area contributed by atoms with Gasteiger partial charge >= 0.3 is 0 Å². The highest BCUT2D eigenvalue weighted by atomic mass is 16.2. The molecule has 0 saturated heterocycles. The molecule has 1 aliphatic carbocycles. The number of anilines is 1. The van der Waals surface area contributed by atoms with Gasteiger partial charge in [0.1, 0.15) is 0 Å². The highest BCUT2D eigenvalue weighted by Crippen LogP contribution is 2.28. The molecule has 1 fully saturated rings. The van der Waals surface area contributed by atoms with E-state index in [1.165, 1.54) is 0 Å². The first-order chi connectivity index (χ1) is 9.17. The van der Waals surface area contributed by atoms with Crippen molar-refractivity contribution >= 4 is 22.5 Å².